The molecule has 1 atom stereocenters. The van der Waals surface area contributed by atoms with Gasteiger partial charge in [0.2, 0.25) is 0 Å². The van der Waals surface area contributed by atoms with Crippen LogP contribution in [-0.4, -0.2) is 29.2 Å². The smallest absolute Gasteiger partial charge is 0.254 e. The monoisotopic (exact) mass is 281 g/mol. The molecule has 1 fully saturated rings. The quantitative estimate of drug-likeness (QED) is 0.764. The van der Waals surface area contributed by atoms with Gasteiger partial charge in [-0.05, 0) is 30.9 Å². The topological polar surface area (TPSA) is 20.3 Å². The Morgan fingerprint density at radius 1 is 1.50 bits per heavy atom. The van der Waals surface area contributed by atoms with Crippen LogP contribution in [0.25, 0.3) is 0 Å². The maximum absolute atomic E-state index is 12.2. The van der Waals surface area contributed by atoms with Crippen molar-refractivity contribution in [2.24, 2.45) is 5.92 Å². The van der Waals surface area contributed by atoms with Crippen LogP contribution in [0.3, 0.4) is 0 Å². The van der Waals surface area contributed by atoms with Crippen LogP contribution in [0.2, 0.25) is 0 Å². The maximum atomic E-state index is 12.2. The summed E-state index contributed by atoms with van der Waals surface area (Å²) < 4.78 is 0. The van der Waals surface area contributed by atoms with Crippen LogP contribution in [0, 0.1) is 12.8 Å². The molecule has 0 aliphatic carbocycles. The van der Waals surface area contributed by atoms with E-state index >= 15 is 0 Å². The number of carbonyl (C=O) groups excluding carboxylic acids is 1. The van der Waals surface area contributed by atoms with Gasteiger partial charge in [-0.2, -0.15) is 0 Å². The van der Waals surface area contributed by atoms with Crippen molar-refractivity contribution in [1.82, 2.24) is 4.90 Å². The third-order valence-corrected chi connectivity index (χ3v) is 4.08. The zero-order valence-electron chi connectivity index (χ0n) is 9.45. The van der Waals surface area contributed by atoms with Crippen molar-refractivity contribution in [2.45, 2.75) is 13.3 Å². The Kier molecular flexibility index (Phi) is 3.64. The molecule has 1 aromatic carbocycles. The number of halogens is 1. The fraction of sp³-hybridized carbons (Fsp3) is 0.462. The van der Waals surface area contributed by atoms with Crippen molar-refractivity contribution in [3.8, 4) is 0 Å². The molecule has 1 aliphatic rings. The molecule has 86 valence electrons. The second kappa shape index (κ2) is 5.00. The largest absolute Gasteiger partial charge is 0.338 e. The average Bonchev–Trinajstić information content (AvgIpc) is 2.77. The number of hydrogen-bond acceptors (Lipinski definition) is 1. The van der Waals surface area contributed by atoms with Crippen molar-refractivity contribution >= 4 is 21.8 Å². The Labute approximate surface area is 105 Å². The first kappa shape index (κ1) is 11.6. The van der Waals surface area contributed by atoms with Crippen molar-refractivity contribution in [3.05, 3.63) is 35.4 Å². The highest BCUT2D eigenvalue weighted by Gasteiger charge is 2.26. The van der Waals surface area contributed by atoms with Crippen LogP contribution in [0.4, 0.5) is 0 Å². The fourth-order valence-electron chi connectivity index (χ4n) is 2.13. The molecular formula is C13H16BrNO. The summed E-state index contributed by atoms with van der Waals surface area (Å²) in [6, 6.07) is 7.81. The van der Waals surface area contributed by atoms with Gasteiger partial charge in [0, 0.05) is 24.0 Å². The zero-order chi connectivity index (χ0) is 11.5. The number of likely N-dealkylation sites (tertiary alicyclic amines) is 1. The van der Waals surface area contributed by atoms with Gasteiger partial charge in [-0.1, -0.05) is 34.1 Å². The molecule has 0 spiro atoms. The van der Waals surface area contributed by atoms with Crippen molar-refractivity contribution in [1.29, 1.82) is 0 Å². The van der Waals surface area contributed by atoms with Gasteiger partial charge in [0.25, 0.3) is 5.91 Å². The number of alkyl halides is 1. The van der Waals surface area contributed by atoms with Crippen LogP contribution in [0.15, 0.2) is 24.3 Å². The van der Waals surface area contributed by atoms with E-state index in [1.807, 2.05) is 36.1 Å². The van der Waals surface area contributed by atoms with Crippen molar-refractivity contribution in [2.75, 3.05) is 18.4 Å². The normalized spacial score (nSPS) is 20.1. The Morgan fingerprint density at radius 3 is 2.88 bits per heavy atom. The van der Waals surface area contributed by atoms with E-state index in [9.17, 15) is 4.79 Å². The van der Waals surface area contributed by atoms with Gasteiger partial charge in [0.1, 0.15) is 0 Å². The Bertz CT molecular complexity index is 391. The zero-order valence-corrected chi connectivity index (χ0v) is 11.0. The number of nitrogens with zero attached hydrogens (tertiary/aromatic N) is 1. The lowest BCUT2D eigenvalue weighted by molar-refractivity contribution is 0.0787. The third kappa shape index (κ3) is 2.29. The summed E-state index contributed by atoms with van der Waals surface area (Å²) in [7, 11) is 0. The molecule has 1 aliphatic heterocycles. The molecule has 2 nitrogen and oxygen atoms in total. The SMILES string of the molecule is Cc1ccccc1C(=O)N1CCC(CBr)C1. The Morgan fingerprint density at radius 2 is 2.25 bits per heavy atom. The summed E-state index contributed by atoms with van der Waals surface area (Å²) in [6.07, 6.45) is 1.11. The average molecular weight is 282 g/mol. The standard InChI is InChI=1S/C13H16BrNO/c1-10-4-2-3-5-12(10)13(16)15-7-6-11(8-14)9-15/h2-5,11H,6-9H2,1H3. The van der Waals surface area contributed by atoms with E-state index in [-0.39, 0.29) is 5.91 Å². The van der Waals surface area contributed by atoms with E-state index in [4.69, 9.17) is 0 Å². The number of amides is 1. The van der Waals surface area contributed by atoms with Gasteiger partial charge < -0.3 is 4.90 Å². The predicted molar refractivity (Wildman–Crippen MR) is 69.0 cm³/mol. The first-order valence-electron chi connectivity index (χ1n) is 5.63. The Hall–Kier alpha value is -0.830. The van der Waals surface area contributed by atoms with Crippen LogP contribution < -0.4 is 0 Å². The van der Waals surface area contributed by atoms with Gasteiger partial charge in [-0.3, -0.25) is 4.79 Å². The number of rotatable bonds is 2. The lowest BCUT2D eigenvalue weighted by atomic mass is 10.1. The van der Waals surface area contributed by atoms with Gasteiger partial charge in [-0.25, -0.2) is 0 Å². The molecule has 2 rings (SSSR count). The number of benzene rings is 1. The highest BCUT2D eigenvalue weighted by molar-refractivity contribution is 9.09. The molecule has 1 heterocycles. The van der Waals surface area contributed by atoms with E-state index in [1.165, 1.54) is 0 Å². The molecule has 1 saturated heterocycles. The van der Waals surface area contributed by atoms with Gasteiger partial charge in [0.05, 0.1) is 0 Å². The van der Waals surface area contributed by atoms with E-state index < -0.39 is 0 Å². The first-order valence-corrected chi connectivity index (χ1v) is 6.75. The van der Waals surface area contributed by atoms with Crippen molar-refractivity contribution < 1.29 is 4.79 Å². The lowest BCUT2D eigenvalue weighted by Gasteiger charge is -2.17. The minimum atomic E-state index is 0.182. The van der Waals surface area contributed by atoms with Crippen LogP contribution in [0.5, 0.6) is 0 Å². The van der Waals surface area contributed by atoms with E-state index in [1.54, 1.807) is 0 Å². The molecule has 1 unspecified atom stereocenters. The molecule has 0 radical (unpaired) electrons. The first-order chi connectivity index (χ1) is 7.72. The fourth-order valence-corrected chi connectivity index (χ4v) is 2.65. The predicted octanol–water partition coefficient (Wildman–Crippen LogP) is 2.85. The number of aryl methyl sites for hydroxylation is 1. The third-order valence-electron chi connectivity index (χ3n) is 3.17. The minimum Gasteiger partial charge on any atom is -0.338 e. The summed E-state index contributed by atoms with van der Waals surface area (Å²) in [5, 5.41) is 0.991. The van der Waals surface area contributed by atoms with Crippen molar-refractivity contribution in [3.63, 3.8) is 0 Å². The van der Waals surface area contributed by atoms with Gasteiger partial charge >= 0.3 is 0 Å². The lowest BCUT2D eigenvalue weighted by Crippen LogP contribution is -2.29. The summed E-state index contributed by atoms with van der Waals surface area (Å²) in [5.41, 5.74) is 1.91. The maximum Gasteiger partial charge on any atom is 0.254 e. The second-order valence-corrected chi connectivity index (χ2v) is 5.02. The van der Waals surface area contributed by atoms with E-state index in [0.717, 1.165) is 36.0 Å². The van der Waals surface area contributed by atoms with E-state index in [2.05, 4.69) is 15.9 Å². The summed E-state index contributed by atoms with van der Waals surface area (Å²) in [6.45, 7) is 3.77. The Balaban J connectivity index is 2.12. The number of hydrogen-bond donors (Lipinski definition) is 0. The molecule has 16 heavy (non-hydrogen) atoms. The van der Waals surface area contributed by atoms with Gasteiger partial charge in [-0.15, -0.1) is 0 Å². The molecule has 3 heteroatoms. The van der Waals surface area contributed by atoms with E-state index in [0.29, 0.717) is 5.92 Å². The summed E-state index contributed by atoms with van der Waals surface area (Å²) >= 11 is 3.49. The highest BCUT2D eigenvalue weighted by Crippen LogP contribution is 2.21. The summed E-state index contributed by atoms with van der Waals surface area (Å²) in [5.74, 6) is 0.800. The van der Waals surface area contributed by atoms with Crippen LogP contribution in [-0.2, 0) is 0 Å². The molecule has 0 N–H and O–H groups in total. The second-order valence-electron chi connectivity index (χ2n) is 4.38. The molecular weight excluding hydrogens is 266 g/mol. The molecule has 1 amide bonds. The van der Waals surface area contributed by atoms with Gasteiger partial charge in [0.15, 0.2) is 0 Å². The highest BCUT2D eigenvalue weighted by atomic mass is 79.9. The molecule has 0 bridgehead atoms. The van der Waals surface area contributed by atoms with Crippen LogP contribution >= 0.6 is 15.9 Å². The molecule has 1 aromatic rings. The number of carbonyl (C=O) groups is 1. The molecule has 0 aromatic heterocycles. The van der Waals surface area contributed by atoms with Crippen LogP contribution in [0.1, 0.15) is 22.3 Å². The molecule has 0 saturated carbocycles. The summed E-state index contributed by atoms with van der Waals surface area (Å²) in [4.78, 5) is 14.2. The minimum absolute atomic E-state index is 0.182.